The van der Waals surface area contributed by atoms with Crippen molar-refractivity contribution in [3.8, 4) is 5.95 Å². The molecule has 0 saturated carbocycles. The fourth-order valence-electron chi connectivity index (χ4n) is 2.65. The van der Waals surface area contributed by atoms with E-state index >= 15 is 0 Å². The van der Waals surface area contributed by atoms with Crippen LogP contribution in [0, 0.1) is 20.8 Å². The van der Waals surface area contributed by atoms with Crippen LogP contribution in [0.25, 0.3) is 5.95 Å². The van der Waals surface area contributed by atoms with Crippen LogP contribution in [0.2, 0.25) is 0 Å². The van der Waals surface area contributed by atoms with Gasteiger partial charge in [0.15, 0.2) is 0 Å². The third-order valence-electron chi connectivity index (χ3n) is 3.52. The molecular weight excluding hydrogens is 336 g/mol. The molecule has 0 aliphatic carbocycles. The van der Waals surface area contributed by atoms with Gasteiger partial charge in [-0.3, -0.25) is 14.5 Å². The lowest BCUT2D eigenvalue weighted by Crippen LogP contribution is -2.37. The van der Waals surface area contributed by atoms with Gasteiger partial charge in [0, 0.05) is 17.5 Å². The smallest absolute Gasteiger partial charge is 0.317 e. The second-order valence-corrected chi connectivity index (χ2v) is 6.19. The number of nitrogens with one attached hydrogen (secondary N) is 1. The summed E-state index contributed by atoms with van der Waals surface area (Å²) in [4.78, 5) is 33.6. The Hall–Kier alpha value is -2.81. The topological polar surface area (TPSA) is 113 Å². The van der Waals surface area contributed by atoms with Gasteiger partial charge in [0.25, 0.3) is 5.95 Å². The van der Waals surface area contributed by atoms with Crippen molar-refractivity contribution in [1.82, 2.24) is 24.6 Å². The van der Waals surface area contributed by atoms with Gasteiger partial charge >= 0.3 is 5.97 Å². The lowest BCUT2D eigenvalue weighted by atomic mass is 10.3. The number of carboxylic acids is 1. The molecule has 0 aliphatic heterocycles. The van der Waals surface area contributed by atoms with Gasteiger partial charge in [-0.15, -0.1) is 0 Å². The van der Waals surface area contributed by atoms with Crippen LogP contribution in [-0.4, -0.2) is 61.3 Å². The first-order valence-electron chi connectivity index (χ1n) is 8.41. The van der Waals surface area contributed by atoms with Gasteiger partial charge in [-0.2, -0.15) is 9.78 Å². The molecule has 26 heavy (non-hydrogen) atoms. The summed E-state index contributed by atoms with van der Waals surface area (Å²) < 4.78 is 1.48. The molecule has 0 bridgehead atoms. The minimum Gasteiger partial charge on any atom is -0.480 e. The third-order valence-corrected chi connectivity index (χ3v) is 3.52. The quantitative estimate of drug-likeness (QED) is 0.730. The van der Waals surface area contributed by atoms with Crippen LogP contribution >= 0.6 is 0 Å². The summed E-state index contributed by atoms with van der Waals surface area (Å²) in [5.41, 5.74) is 2.31. The molecule has 140 valence electrons. The normalized spacial score (nSPS) is 11.0. The highest BCUT2D eigenvalue weighted by Crippen LogP contribution is 2.15. The second kappa shape index (κ2) is 8.52. The molecule has 2 aromatic rings. The molecule has 1 amide bonds. The summed E-state index contributed by atoms with van der Waals surface area (Å²) >= 11 is 0. The molecule has 0 unspecified atom stereocenters. The van der Waals surface area contributed by atoms with Crippen molar-refractivity contribution < 1.29 is 14.7 Å². The minimum atomic E-state index is -0.962. The van der Waals surface area contributed by atoms with Crippen LogP contribution in [0.5, 0.6) is 0 Å². The van der Waals surface area contributed by atoms with Crippen LogP contribution in [-0.2, 0) is 9.59 Å². The van der Waals surface area contributed by atoms with Crippen molar-refractivity contribution in [2.75, 3.05) is 25.0 Å². The highest BCUT2D eigenvalue weighted by Gasteiger charge is 2.17. The summed E-state index contributed by atoms with van der Waals surface area (Å²) in [5, 5.41) is 16.1. The number of hydrogen-bond acceptors (Lipinski definition) is 6. The zero-order valence-corrected chi connectivity index (χ0v) is 15.5. The van der Waals surface area contributed by atoms with Crippen LogP contribution < -0.4 is 5.32 Å². The molecular formula is C17H24N6O3. The average molecular weight is 360 g/mol. The van der Waals surface area contributed by atoms with E-state index in [2.05, 4.69) is 20.4 Å². The number of aliphatic carboxylic acids is 1. The third kappa shape index (κ3) is 5.35. The summed E-state index contributed by atoms with van der Waals surface area (Å²) in [7, 11) is 0. The van der Waals surface area contributed by atoms with Crippen LogP contribution in [0.1, 0.15) is 30.4 Å². The van der Waals surface area contributed by atoms with Gasteiger partial charge < -0.3 is 10.4 Å². The Bertz CT molecular complexity index is 782. The fraction of sp³-hybridized carbons (Fsp3) is 0.471. The van der Waals surface area contributed by atoms with E-state index in [0.29, 0.717) is 24.0 Å². The number of anilines is 1. The molecule has 9 nitrogen and oxygen atoms in total. The fourth-order valence-corrected chi connectivity index (χ4v) is 2.65. The molecule has 2 aromatic heterocycles. The average Bonchev–Trinajstić information content (AvgIpc) is 2.86. The Labute approximate surface area is 152 Å². The Morgan fingerprint density at radius 2 is 1.77 bits per heavy atom. The van der Waals surface area contributed by atoms with Crippen LogP contribution in [0.4, 0.5) is 5.82 Å². The maximum atomic E-state index is 12.4. The second-order valence-electron chi connectivity index (χ2n) is 6.19. The molecule has 2 rings (SSSR count). The Morgan fingerprint density at radius 3 is 2.35 bits per heavy atom. The summed E-state index contributed by atoms with van der Waals surface area (Å²) in [5.74, 6) is -0.452. The van der Waals surface area contributed by atoms with Crippen molar-refractivity contribution in [2.45, 2.75) is 34.1 Å². The molecule has 0 aromatic carbocycles. The van der Waals surface area contributed by atoms with E-state index in [1.54, 1.807) is 11.0 Å². The number of hydrogen-bond donors (Lipinski definition) is 2. The molecule has 2 heterocycles. The lowest BCUT2D eigenvalue weighted by Gasteiger charge is -2.18. The number of carbonyl (C=O) groups is 2. The predicted octanol–water partition coefficient (Wildman–Crippen LogP) is 1.32. The zero-order valence-electron chi connectivity index (χ0n) is 15.5. The number of carbonyl (C=O) groups excluding carboxylic acids is 1. The molecule has 0 atom stereocenters. The number of amides is 1. The van der Waals surface area contributed by atoms with Crippen LogP contribution in [0.15, 0.2) is 12.1 Å². The van der Waals surface area contributed by atoms with E-state index in [1.807, 2.05) is 33.8 Å². The number of aromatic nitrogens is 4. The van der Waals surface area contributed by atoms with Crippen molar-refractivity contribution in [2.24, 2.45) is 0 Å². The largest absolute Gasteiger partial charge is 0.480 e. The highest BCUT2D eigenvalue weighted by atomic mass is 16.4. The monoisotopic (exact) mass is 360 g/mol. The Balaban J connectivity index is 2.19. The summed E-state index contributed by atoms with van der Waals surface area (Å²) in [6.45, 7) is 7.80. The molecule has 0 aliphatic rings. The first kappa shape index (κ1) is 19.5. The van der Waals surface area contributed by atoms with E-state index < -0.39 is 5.97 Å². The summed E-state index contributed by atoms with van der Waals surface area (Å²) in [6.07, 6.45) is 0.758. The van der Waals surface area contributed by atoms with E-state index in [4.69, 9.17) is 5.11 Å². The number of nitrogens with zero attached hydrogens (tertiary/aromatic N) is 5. The molecule has 0 saturated heterocycles. The number of rotatable bonds is 8. The van der Waals surface area contributed by atoms with Crippen molar-refractivity contribution >= 4 is 17.7 Å². The lowest BCUT2D eigenvalue weighted by molar-refractivity contribution is -0.138. The van der Waals surface area contributed by atoms with E-state index in [1.165, 1.54) is 4.68 Å². The van der Waals surface area contributed by atoms with E-state index in [0.717, 1.165) is 17.8 Å². The molecule has 2 N–H and O–H groups in total. The highest BCUT2D eigenvalue weighted by molar-refractivity contribution is 5.92. The first-order valence-corrected chi connectivity index (χ1v) is 8.41. The van der Waals surface area contributed by atoms with Gasteiger partial charge in [-0.05, 0) is 39.8 Å². The van der Waals surface area contributed by atoms with Gasteiger partial charge in [0.1, 0.15) is 5.82 Å². The summed E-state index contributed by atoms with van der Waals surface area (Å²) in [6, 6.07) is 3.58. The zero-order chi connectivity index (χ0) is 19.3. The first-order chi connectivity index (χ1) is 12.3. The minimum absolute atomic E-state index is 0.0158. The van der Waals surface area contributed by atoms with Gasteiger partial charge in [0.05, 0.1) is 18.8 Å². The van der Waals surface area contributed by atoms with Crippen LogP contribution in [0.3, 0.4) is 0 Å². The Kier molecular flexibility index (Phi) is 6.40. The SMILES string of the molecule is CCCN(CC(=O)O)CC(=O)Nc1cc(C)nn1-c1nc(C)cc(C)n1. The maximum absolute atomic E-state index is 12.4. The van der Waals surface area contributed by atoms with Gasteiger partial charge in [0.2, 0.25) is 5.91 Å². The van der Waals surface area contributed by atoms with E-state index in [-0.39, 0.29) is 19.0 Å². The molecule has 0 fully saturated rings. The number of carboxylic acid groups (broad SMARTS) is 1. The molecule has 0 spiro atoms. The van der Waals surface area contributed by atoms with E-state index in [9.17, 15) is 9.59 Å². The van der Waals surface area contributed by atoms with Crippen molar-refractivity contribution in [3.63, 3.8) is 0 Å². The maximum Gasteiger partial charge on any atom is 0.317 e. The molecule has 0 radical (unpaired) electrons. The number of aryl methyl sites for hydroxylation is 3. The standard InChI is InChI=1S/C17H24N6O3/c1-5-6-22(10-16(25)26)9-15(24)20-14-8-13(4)21-23(14)17-18-11(2)7-12(3)19-17/h7-8H,5-6,9-10H2,1-4H3,(H,20,24)(H,25,26). The van der Waals surface area contributed by atoms with Crippen molar-refractivity contribution in [3.05, 3.63) is 29.2 Å². The van der Waals surface area contributed by atoms with Gasteiger partial charge in [-0.25, -0.2) is 9.97 Å². The molecule has 9 heteroatoms. The predicted molar refractivity (Wildman–Crippen MR) is 96.4 cm³/mol. The Morgan fingerprint density at radius 1 is 1.12 bits per heavy atom. The van der Waals surface area contributed by atoms with Gasteiger partial charge in [-0.1, -0.05) is 6.92 Å². The van der Waals surface area contributed by atoms with Crippen molar-refractivity contribution in [1.29, 1.82) is 0 Å².